The average Bonchev–Trinajstić information content (AvgIpc) is 2.22. The molecule has 0 unspecified atom stereocenters. The summed E-state index contributed by atoms with van der Waals surface area (Å²) in [4.78, 5) is 11.1. The Labute approximate surface area is 103 Å². The summed E-state index contributed by atoms with van der Waals surface area (Å²) in [5.41, 5.74) is 7.08. The second-order valence-electron chi connectivity index (χ2n) is 3.55. The quantitative estimate of drug-likeness (QED) is 0.835. The van der Waals surface area contributed by atoms with E-state index in [0.717, 1.165) is 4.47 Å². The number of hydrogen-bond acceptors (Lipinski definition) is 4. The van der Waals surface area contributed by atoms with E-state index in [-0.39, 0.29) is 12.2 Å². The van der Waals surface area contributed by atoms with Crippen LogP contribution >= 0.6 is 15.9 Å². The Balaban J connectivity index is 2.99. The second kappa shape index (κ2) is 5.32. The van der Waals surface area contributed by atoms with Crippen LogP contribution in [-0.4, -0.2) is 18.2 Å². The van der Waals surface area contributed by atoms with Crippen LogP contribution in [0.1, 0.15) is 23.6 Å². The minimum absolute atomic E-state index is 0.0416. The minimum Gasteiger partial charge on any atom is -0.507 e. The highest BCUT2D eigenvalue weighted by Gasteiger charge is 2.17. The summed E-state index contributed by atoms with van der Waals surface area (Å²) in [5, 5.41) is 9.83. The molecular formula is C11H14BrNO3. The van der Waals surface area contributed by atoms with Gasteiger partial charge in [-0.1, -0.05) is 15.9 Å². The number of rotatable bonds is 3. The standard InChI is InChI=1S/C11H14BrNO3/c1-6-3-7(12)4-8(11(6)15)9(13)5-10(14)16-2/h3-4,9,15H,5,13H2,1-2H3/t9-/m0/s1. The maximum atomic E-state index is 11.1. The third kappa shape index (κ3) is 2.96. The highest BCUT2D eigenvalue weighted by molar-refractivity contribution is 9.10. The number of aryl methyl sites for hydroxylation is 1. The lowest BCUT2D eigenvalue weighted by Gasteiger charge is -2.14. The van der Waals surface area contributed by atoms with Crippen LogP contribution in [0.4, 0.5) is 0 Å². The normalized spacial score (nSPS) is 12.2. The molecule has 0 saturated heterocycles. The van der Waals surface area contributed by atoms with Gasteiger partial charge in [0.05, 0.1) is 13.5 Å². The summed E-state index contributed by atoms with van der Waals surface area (Å²) in [5.74, 6) is -0.274. The van der Waals surface area contributed by atoms with Crippen molar-refractivity contribution in [3.8, 4) is 5.75 Å². The first-order chi connectivity index (χ1) is 7.45. The Morgan fingerprint density at radius 3 is 2.81 bits per heavy atom. The molecule has 5 heteroatoms. The van der Waals surface area contributed by atoms with Gasteiger partial charge in [0.15, 0.2) is 0 Å². The maximum absolute atomic E-state index is 11.1. The largest absolute Gasteiger partial charge is 0.507 e. The molecule has 0 spiro atoms. The van der Waals surface area contributed by atoms with Gasteiger partial charge in [-0.25, -0.2) is 0 Å². The molecular weight excluding hydrogens is 274 g/mol. The zero-order chi connectivity index (χ0) is 12.3. The average molecular weight is 288 g/mol. The van der Waals surface area contributed by atoms with Crippen molar-refractivity contribution < 1.29 is 14.6 Å². The van der Waals surface area contributed by atoms with Gasteiger partial charge in [-0.2, -0.15) is 0 Å². The minimum atomic E-state index is -0.566. The zero-order valence-electron chi connectivity index (χ0n) is 9.16. The highest BCUT2D eigenvalue weighted by Crippen LogP contribution is 2.31. The van der Waals surface area contributed by atoms with Crippen LogP contribution in [0.2, 0.25) is 0 Å². The number of methoxy groups -OCH3 is 1. The van der Waals surface area contributed by atoms with Crippen LogP contribution in [0.25, 0.3) is 0 Å². The lowest BCUT2D eigenvalue weighted by atomic mass is 10.0. The smallest absolute Gasteiger partial charge is 0.307 e. The van der Waals surface area contributed by atoms with Gasteiger partial charge in [0.1, 0.15) is 5.75 Å². The molecule has 0 radical (unpaired) electrons. The van der Waals surface area contributed by atoms with E-state index in [4.69, 9.17) is 5.73 Å². The molecule has 1 aromatic carbocycles. The van der Waals surface area contributed by atoms with Crippen molar-refractivity contribution in [2.75, 3.05) is 7.11 Å². The fraction of sp³-hybridized carbons (Fsp3) is 0.364. The number of benzene rings is 1. The van der Waals surface area contributed by atoms with Crippen molar-refractivity contribution >= 4 is 21.9 Å². The van der Waals surface area contributed by atoms with E-state index in [1.165, 1.54) is 7.11 Å². The molecule has 0 heterocycles. The molecule has 3 N–H and O–H groups in total. The third-order valence-corrected chi connectivity index (χ3v) is 2.77. The third-order valence-electron chi connectivity index (χ3n) is 2.31. The predicted octanol–water partition coefficient (Wildman–Crippen LogP) is 2.03. The van der Waals surface area contributed by atoms with E-state index < -0.39 is 12.0 Å². The Morgan fingerprint density at radius 1 is 1.62 bits per heavy atom. The van der Waals surface area contributed by atoms with E-state index >= 15 is 0 Å². The van der Waals surface area contributed by atoms with Gasteiger partial charge in [-0.15, -0.1) is 0 Å². The molecule has 0 saturated carbocycles. The van der Waals surface area contributed by atoms with Gasteiger partial charge in [0.2, 0.25) is 0 Å². The van der Waals surface area contributed by atoms with Gasteiger partial charge in [-0.05, 0) is 24.6 Å². The van der Waals surface area contributed by atoms with Crippen molar-refractivity contribution in [2.45, 2.75) is 19.4 Å². The highest BCUT2D eigenvalue weighted by atomic mass is 79.9. The van der Waals surface area contributed by atoms with E-state index in [2.05, 4.69) is 20.7 Å². The summed E-state index contributed by atoms with van der Waals surface area (Å²) >= 11 is 3.32. The summed E-state index contributed by atoms with van der Waals surface area (Å²) in [6.45, 7) is 1.77. The number of phenols is 1. The molecule has 0 aliphatic rings. The van der Waals surface area contributed by atoms with Crippen LogP contribution in [0.3, 0.4) is 0 Å². The molecule has 0 fully saturated rings. The van der Waals surface area contributed by atoms with Crippen LogP contribution in [0.5, 0.6) is 5.75 Å². The second-order valence-corrected chi connectivity index (χ2v) is 4.46. The molecule has 1 aromatic rings. The van der Waals surface area contributed by atoms with Crippen molar-refractivity contribution in [3.63, 3.8) is 0 Å². The lowest BCUT2D eigenvalue weighted by Crippen LogP contribution is -2.16. The van der Waals surface area contributed by atoms with Gasteiger partial charge in [0, 0.05) is 16.1 Å². The fourth-order valence-corrected chi connectivity index (χ4v) is 2.01. The van der Waals surface area contributed by atoms with Gasteiger partial charge in [-0.3, -0.25) is 4.79 Å². The van der Waals surface area contributed by atoms with Crippen molar-refractivity contribution in [2.24, 2.45) is 5.73 Å². The van der Waals surface area contributed by atoms with Gasteiger partial charge < -0.3 is 15.6 Å². The predicted molar refractivity (Wildman–Crippen MR) is 64.1 cm³/mol. The number of carbonyl (C=O) groups is 1. The summed E-state index contributed by atoms with van der Waals surface area (Å²) in [7, 11) is 1.31. The first kappa shape index (κ1) is 13.0. The Bertz CT molecular complexity index is 406. The molecule has 1 atom stereocenters. The lowest BCUT2D eigenvalue weighted by molar-refractivity contribution is -0.141. The zero-order valence-corrected chi connectivity index (χ0v) is 10.7. The van der Waals surface area contributed by atoms with Crippen LogP contribution in [-0.2, 0) is 9.53 Å². The molecule has 4 nitrogen and oxygen atoms in total. The van der Waals surface area contributed by atoms with E-state index in [9.17, 15) is 9.90 Å². The number of ether oxygens (including phenoxy) is 1. The topological polar surface area (TPSA) is 72.5 Å². The van der Waals surface area contributed by atoms with Crippen molar-refractivity contribution in [1.29, 1.82) is 0 Å². The SMILES string of the molecule is COC(=O)C[C@H](N)c1cc(Br)cc(C)c1O. The van der Waals surface area contributed by atoms with Crippen LogP contribution < -0.4 is 5.73 Å². The number of hydrogen-bond donors (Lipinski definition) is 2. The number of halogens is 1. The van der Waals surface area contributed by atoms with Crippen LogP contribution in [0, 0.1) is 6.92 Å². The molecule has 16 heavy (non-hydrogen) atoms. The molecule has 0 amide bonds. The van der Waals surface area contributed by atoms with E-state index in [0.29, 0.717) is 11.1 Å². The van der Waals surface area contributed by atoms with Crippen molar-refractivity contribution in [3.05, 3.63) is 27.7 Å². The number of carbonyl (C=O) groups excluding carboxylic acids is 1. The molecule has 1 rings (SSSR count). The molecule has 0 aliphatic carbocycles. The molecule has 0 aromatic heterocycles. The summed E-state index contributed by atoms with van der Waals surface area (Å²) < 4.78 is 5.35. The number of phenolic OH excluding ortho intramolecular Hbond substituents is 1. The van der Waals surface area contributed by atoms with E-state index in [1.54, 1.807) is 19.1 Å². The molecule has 88 valence electrons. The molecule has 0 bridgehead atoms. The Hall–Kier alpha value is -1.07. The fourth-order valence-electron chi connectivity index (χ4n) is 1.42. The van der Waals surface area contributed by atoms with Crippen molar-refractivity contribution in [1.82, 2.24) is 0 Å². The summed E-state index contributed by atoms with van der Waals surface area (Å²) in [6.07, 6.45) is 0.0416. The number of esters is 1. The first-order valence-electron chi connectivity index (χ1n) is 4.77. The number of aromatic hydroxyl groups is 1. The van der Waals surface area contributed by atoms with Gasteiger partial charge in [0.25, 0.3) is 0 Å². The Kier molecular flexibility index (Phi) is 4.32. The Morgan fingerprint density at radius 2 is 2.25 bits per heavy atom. The maximum Gasteiger partial charge on any atom is 0.307 e. The van der Waals surface area contributed by atoms with E-state index in [1.807, 2.05) is 0 Å². The van der Waals surface area contributed by atoms with Gasteiger partial charge >= 0.3 is 5.97 Å². The monoisotopic (exact) mass is 287 g/mol. The first-order valence-corrected chi connectivity index (χ1v) is 5.56. The van der Waals surface area contributed by atoms with Crippen LogP contribution in [0.15, 0.2) is 16.6 Å². The summed E-state index contributed by atoms with van der Waals surface area (Å²) in [6, 6.07) is 2.92. The molecule has 0 aliphatic heterocycles. The number of nitrogens with two attached hydrogens (primary N) is 1.